The SMILES string of the molecule is O=C1CC2CCCC(C1)N2c1ccc2c(c1)C(=O)NC2=O. The maximum atomic E-state index is 11.8. The Kier molecular flexibility index (Phi) is 2.64. The molecule has 1 N–H and O–H groups in total. The molecule has 0 spiro atoms. The largest absolute Gasteiger partial charge is 0.365 e. The van der Waals surface area contributed by atoms with Crippen LogP contribution in [0.15, 0.2) is 18.2 Å². The number of anilines is 1. The van der Waals surface area contributed by atoms with E-state index in [1.54, 1.807) is 12.1 Å². The van der Waals surface area contributed by atoms with E-state index in [4.69, 9.17) is 0 Å². The second-order valence-electron chi connectivity index (χ2n) is 6.11. The van der Waals surface area contributed by atoms with Gasteiger partial charge >= 0.3 is 0 Å². The molecule has 2 saturated heterocycles. The van der Waals surface area contributed by atoms with Gasteiger partial charge in [0.25, 0.3) is 11.8 Å². The Morgan fingerprint density at radius 3 is 2.33 bits per heavy atom. The molecule has 2 atom stereocenters. The van der Waals surface area contributed by atoms with E-state index in [2.05, 4.69) is 10.2 Å². The molecule has 0 aliphatic carbocycles. The second kappa shape index (κ2) is 4.41. The Labute approximate surface area is 122 Å². The lowest BCUT2D eigenvalue weighted by molar-refractivity contribution is -0.121. The van der Waals surface area contributed by atoms with Crippen molar-refractivity contribution in [3.63, 3.8) is 0 Å². The first-order valence-corrected chi connectivity index (χ1v) is 7.43. The number of hydrogen-bond donors (Lipinski definition) is 1. The number of rotatable bonds is 1. The molecule has 5 nitrogen and oxygen atoms in total. The molecule has 0 radical (unpaired) electrons. The maximum Gasteiger partial charge on any atom is 0.259 e. The Hall–Kier alpha value is -2.17. The highest BCUT2D eigenvalue weighted by atomic mass is 16.2. The third-order valence-electron chi connectivity index (χ3n) is 4.81. The van der Waals surface area contributed by atoms with Crippen molar-refractivity contribution in [1.82, 2.24) is 5.32 Å². The summed E-state index contributed by atoms with van der Waals surface area (Å²) in [6.45, 7) is 0. The first kappa shape index (κ1) is 12.6. The van der Waals surface area contributed by atoms with E-state index in [-0.39, 0.29) is 23.9 Å². The number of piperidine rings is 2. The standard InChI is InChI=1S/C16H16N2O3/c19-12-6-9-2-1-3-10(7-12)18(9)11-4-5-13-14(8-11)16(21)17-15(13)20/h4-5,8-10H,1-3,6-7H2,(H,17,20,21). The van der Waals surface area contributed by atoms with Crippen molar-refractivity contribution in [2.45, 2.75) is 44.2 Å². The van der Waals surface area contributed by atoms with Crippen molar-refractivity contribution in [2.75, 3.05) is 4.90 Å². The van der Waals surface area contributed by atoms with E-state index in [0.717, 1.165) is 24.9 Å². The Morgan fingerprint density at radius 2 is 1.62 bits per heavy atom. The number of fused-ring (bicyclic) bond motifs is 3. The number of ketones is 1. The van der Waals surface area contributed by atoms with Crippen LogP contribution in [0.1, 0.15) is 52.8 Å². The fourth-order valence-corrected chi connectivity index (χ4v) is 3.91. The van der Waals surface area contributed by atoms with Crippen LogP contribution in [-0.4, -0.2) is 29.7 Å². The van der Waals surface area contributed by atoms with Gasteiger partial charge in [0.15, 0.2) is 0 Å². The number of nitrogens with one attached hydrogen (secondary N) is 1. The molecule has 2 bridgehead atoms. The van der Waals surface area contributed by atoms with Gasteiger partial charge in [-0.3, -0.25) is 19.7 Å². The summed E-state index contributed by atoms with van der Waals surface area (Å²) in [4.78, 5) is 37.5. The number of nitrogens with zero attached hydrogens (tertiary/aromatic N) is 1. The number of carbonyl (C=O) groups excluding carboxylic acids is 3. The zero-order chi connectivity index (χ0) is 14.6. The van der Waals surface area contributed by atoms with Gasteiger partial charge in [-0.05, 0) is 37.5 Å². The molecular weight excluding hydrogens is 268 g/mol. The summed E-state index contributed by atoms with van der Waals surface area (Å²) < 4.78 is 0. The van der Waals surface area contributed by atoms with E-state index in [1.165, 1.54) is 0 Å². The molecule has 5 heteroatoms. The summed E-state index contributed by atoms with van der Waals surface area (Å²) in [6, 6.07) is 5.90. The number of imide groups is 1. The third kappa shape index (κ3) is 1.87. The van der Waals surface area contributed by atoms with Gasteiger partial charge in [0, 0.05) is 30.6 Å². The van der Waals surface area contributed by atoms with Crippen molar-refractivity contribution >= 4 is 23.3 Å². The quantitative estimate of drug-likeness (QED) is 0.796. The highest BCUT2D eigenvalue weighted by Gasteiger charge is 2.38. The molecule has 2 fully saturated rings. The van der Waals surface area contributed by atoms with E-state index >= 15 is 0 Å². The fraction of sp³-hybridized carbons (Fsp3) is 0.438. The van der Waals surface area contributed by atoms with Crippen LogP contribution in [0, 0.1) is 0 Å². The molecule has 0 aromatic heterocycles. The molecule has 3 aliphatic rings. The van der Waals surface area contributed by atoms with Crippen LogP contribution in [0.4, 0.5) is 5.69 Å². The number of benzene rings is 1. The first-order valence-electron chi connectivity index (χ1n) is 7.43. The van der Waals surface area contributed by atoms with Crippen molar-refractivity contribution < 1.29 is 14.4 Å². The minimum atomic E-state index is -0.324. The summed E-state index contributed by atoms with van der Waals surface area (Å²) in [5.74, 6) is -0.305. The first-order chi connectivity index (χ1) is 10.1. The zero-order valence-corrected chi connectivity index (χ0v) is 11.6. The second-order valence-corrected chi connectivity index (χ2v) is 6.11. The third-order valence-corrected chi connectivity index (χ3v) is 4.81. The van der Waals surface area contributed by atoms with Crippen LogP contribution in [0.5, 0.6) is 0 Å². The molecule has 108 valence electrons. The van der Waals surface area contributed by atoms with Crippen molar-refractivity contribution in [2.24, 2.45) is 0 Å². The van der Waals surface area contributed by atoms with E-state index < -0.39 is 0 Å². The summed E-state index contributed by atoms with van der Waals surface area (Å²) in [6.07, 6.45) is 4.38. The van der Waals surface area contributed by atoms with Gasteiger partial charge < -0.3 is 4.90 Å². The van der Waals surface area contributed by atoms with E-state index in [9.17, 15) is 14.4 Å². The molecule has 21 heavy (non-hydrogen) atoms. The van der Waals surface area contributed by atoms with Crippen LogP contribution in [0.25, 0.3) is 0 Å². The number of hydrogen-bond acceptors (Lipinski definition) is 4. The topological polar surface area (TPSA) is 66.5 Å². The van der Waals surface area contributed by atoms with Crippen molar-refractivity contribution in [3.05, 3.63) is 29.3 Å². The van der Waals surface area contributed by atoms with Crippen LogP contribution in [0.3, 0.4) is 0 Å². The molecule has 1 aromatic rings. The molecule has 2 amide bonds. The summed E-state index contributed by atoms with van der Waals surface area (Å²) >= 11 is 0. The Bertz CT molecular complexity index is 651. The lowest BCUT2D eigenvalue weighted by Gasteiger charge is -2.47. The van der Waals surface area contributed by atoms with Crippen LogP contribution in [0.2, 0.25) is 0 Å². The van der Waals surface area contributed by atoms with Gasteiger partial charge in [-0.2, -0.15) is 0 Å². The molecule has 3 heterocycles. The molecule has 3 aliphatic heterocycles. The van der Waals surface area contributed by atoms with Gasteiger partial charge in [-0.15, -0.1) is 0 Å². The molecule has 4 rings (SSSR count). The predicted octanol–water partition coefficient (Wildman–Crippen LogP) is 1.66. The maximum absolute atomic E-state index is 11.8. The number of Topliss-reactive ketones (excluding diaryl/α,β-unsaturated/α-hetero) is 1. The lowest BCUT2D eigenvalue weighted by atomic mass is 9.83. The molecule has 2 unspecified atom stereocenters. The van der Waals surface area contributed by atoms with Crippen molar-refractivity contribution in [1.29, 1.82) is 0 Å². The van der Waals surface area contributed by atoms with Crippen molar-refractivity contribution in [3.8, 4) is 0 Å². The zero-order valence-electron chi connectivity index (χ0n) is 11.6. The molecule has 0 saturated carbocycles. The van der Waals surface area contributed by atoms with Crippen LogP contribution in [-0.2, 0) is 4.79 Å². The summed E-state index contributed by atoms with van der Waals surface area (Å²) in [7, 11) is 0. The predicted molar refractivity (Wildman–Crippen MR) is 76.4 cm³/mol. The average molecular weight is 284 g/mol. The van der Waals surface area contributed by atoms with E-state index in [1.807, 2.05) is 6.07 Å². The monoisotopic (exact) mass is 284 g/mol. The normalized spacial score (nSPS) is 27.6. The smallest absolute Gasteiger partial charge is 0.259 e. The van der Waals surface area contributed by atoms with E-state index in [0.29, 0.717) is 29.8 Å². The minimum Gasteiger partial charge on any atom is -0.365 e. The fourth-order valence-electron chi connectivity index (χ4n) is 3.91. The van der Waals surface area contributed by atoms with Gasteiger partial charge in [-0.25, -0.2) is 0 Å². The lowest BCUT2D eigenvalue weighted by Crippen LogP contribution is -2.52. The summed E-state index contributed by atoms with van der Waals surface area (Å²) in [5, 5.41) is 2.32. The van der Waals surface area contributed by atoms with Crippen LogP contribution < -0.4 is 10.2 Å². The minimum absolute atomic E-state index is 0.239. The summed E-state index contributed by atoms with van der Waals surface area (Å²) in [5.41, 5.74) is 1.86. The Morgan fingerprint density at radius 1 is 0.952 bits per heavy atom. The van der Waals surface area contributed by atoms with Gasteiger partial charge in [0.2, 0.25) is 0 Å². The average Bonchev–Trinajstić information content (AvgIpc) is 2.72. The number of carbonyl (C=O) groups is 3. The Balaban J connectivity index is 1.74. The van der Waals surface area contributed by atoms with Crippen LogP contribution >= 0.6 is 0 Å². The van der Waals surface area contributed by atoms with Gasteiger partial charge in [0.1, 0.15) is 5.78 Å². The highest BCUT2D eigenvalue weighted by molar-refractivity contribution is 6.21. The number of amides is 2. The van der Waals surface area contributed by atoms with Gasteiger partial charge in [0.05, 0.1) is 11.1 Å². The van der Waals surface area contributed by atoms with Gasteiger partial charge in [-0.1, -0.05) is 0 Å². The molecular formula is C16H16N2O3. The highest BCUT2D eigenvalue weighted by Crippen LogP contribution is 2.37. The molecule has 1 aromatic carbocycles.